The van der Waals surface area contributed by atoms with Crippen molar-refractivity contribution in [1.29, 1.82) is 0 Å². The zero-order chi connectivity index (χ0) is 16.0. The summed E-state index contributed by atoms with van der Waals surface area (Å²) in [4.78, 5) is 25.0. The number of carbonyl (C=O) groups excluding carboxylic acids is 1. The average molecular weight is 298 g/mol. The second-order valence-corrected chi connectivity index (χ2v) is 6.90. The maximum absolute atomic E-state index is 12.3. The summed E-state index contributed by atoms with van der Waals surface area (Å²) in [5, 5.41) is 12.0. The van der Waals surface area contributed by atoms with Gasteiger partial charge in [0.1, 0.15) is 0 Å². The van der Waals surface area contributed by atoms with Crippen molar-refractivity contribution >= 4 is 12.0 Å². The Kier molecular flexibility index (Phi) is 6.99. The number of aliphatic carboxylic acids is 1. The number of carboxylic acids is 1. The van der Waals surface area contributed by atoms with Crippen LogP contribution in [0.25, 0.3) is 0 Å². The lowest BCUT2D eigenvalue weighted by molar-refractivity contribution is -0.138. The molecule has 3 unspecified atom stereocenters. The summed E-state index contributed by atoms with van der Waals surface area (Å²) in [7, 11) is 0. The quantitative estimate of drug-likeness (QED) is 0.792. The highest BCUT2D eigenvalue weighted by Gasteiger charge is 2.28. The minimum absolute atomic E-state index is 0.00428. The molecule has 0 aliphatic carbocycles. The van der Waals surface area contributed by atoms with Crippen molar-refractivity contribution < 1.29 is 14.7 Å². The van der Waals surface area contributed by atoms with Gasteiger partial charge in [0.05, 0.1) is 0 Å². The Labute approximate surface area is 128 Å². The van der Waals surface area contributed by atoms with E-state index in [0.717, 1.165) is 25.8 Å². The standard InChI is InChI=1S/C16H30N2O3/c1-11(2)8-13(4)17-16(21)18-7-5-6-14(10-18)12(3)9-15(19)20/h11-14H,5-10H2,1-4H3,(H,17,21)(H,19,20). The van der Waals surface area contributed by atoms with Crippen LogP contribution in [0.1, 0.15) is 53.4 Å². The number of hydrogen-bond acceptors (Lipinski definition) is 2. The fourth-order valence-electron chi connectivity index (χ4n) is 3.17. The number of nitrogens with zero attached hydrogens (tertiary/aromatic N) is 1. The minimum Gasteiger partial charge on any atom is -0.481 e. The lowest BCUT2D eigenvalue weighted by Crippen LogP contribution is -2.49. The molecule has 5 heteroatoms. The first-order valence-electron chi connectivity index (χ1n) is 8.06. The lowest BCUT2D eigenvalue weighted by atomic mass is 9.85. The summed E-state index contributed by atoms with van der Waals surface area (Å²) < 4.78 is 0. The fourth-order valence-corrected chi connectivity index (χ4v) is 3.17. The molecule has 0 aromatic heterocycles. The average Bonchev–Trinajstić information content (AvgIpc) is 2.36. The van der Waals surface area contributed by atoms with E-state index in [4.69, 9.17) is 5.11 Å². The zero-order valence-electron chi connectivity index (χ0n) is 13.8. The molecule has 5 nitrogen and oxygen atoms in total. The number of piperidine rings is 1. The Morgan fingerprint density at radius 1 is 1.29 bits per heavy atom. The summed E-state index contributed by atoms with van der Waals surface area (Å²) in [6.07, 6.45) is 3.13. The maximum atomic E-state index is 12.3. The smallest absolute Gasteiger partial charge is 0.317 e. The maximum Gasteiger partial charge on any atom is 0.317 e. The molecule has 2 amide bonds. The van der Waals surface area contributed by atoms with E-state index in [1.54, 1.807) is 0 Å². The van der Waals surface area contributed by atoms with E-state index in [1.165, 1.54) is 0 Å². The fraction of sp³-hybridized carbons (Fsp3) is 0.875. The van der Waals surface area contributed by atoms with E-state index in [-0.39, 0.29) is 24.4 Å². The molecule has 2 N–H and O–H groups in total. The molecule has 1 aliphatic heterocycles. The molecule has 122 valence electrons. The predicted octanol–water partition coefficient (Wildman–Crippen LogP) is 2.95. The van der Waals surface area contributed by atoms with Crippen LogP contribution in [0.4, 0.5) is 4.79 Å². The van der Waals surface area contributed by atoms with Crippen molar-refractivity contribution in [1.82, 2.24) is 10.2 Å². The second-order valence-electron chi connectivity index (χ2n) is 6.90. The number of rotatable bonds is 6. The first-order valence-corrected chi connectivity index (χ1v) is 8.06. The normalized spacial score (nSPS) is 22.0. The molecule has 0 spiro atoms. The highest BCUT2D eigenvalue weighted by molar-refractivity contribution is 5.74. The van der Waals surface area contributed by atoms with Crippen LogP contribution in [0.3, 0.4) is 0 Å². The minimum atomic E-state index is -0.755. The van der Waals surface area contributed by atoms with E-state index in [9.17, 15) is 9.59 Å². The molecular formula is C16H30N2O3. The van der Waals surface area contributed by atoms with Crippen molar-refractivity contribution in [3.63, 3.8) is 0 Å². The van der Waals surface area contributed by atoms with Crippen molar-refractivity contribution in [2.45, 2.75) is 59.4 Å². The third-order valence-corrected chi connectivity index (χ3v) is 4.24. The van der Waals surface area contributed by atoms with E-state index in [0.29, 0.717) is 18.4 Å². The van der Waals surface area contributed by atoms with E-state index < -0.39 is 5.97 Å². The van der Waals surface area contributed by atoms with Crippen LogP contribution in [-0.4, -0.2) is 41.1 Å². The number of carbonyl (C=O) groups is 2. The van der Waals surface area contributed by atoms with Crippen LogP contribution in [-0.2, 0) is 4.79 Å². The molecule has 21 heavy (non-hydrogen) atoms. The largest absolute Gasteiger partial charge is 0.481 e. The van der Waals surface area contributed by atoms with Gasteiger partial charge in [-0.3, -0.25) is 4.79 Å². The Balaban J connectivity index is 2.47. The monoisotopic (exact) mass is 298 g/mol. The number of hydrogen-bond donors (Lipinski definition) is 2. The number of amides is 2. The molecule has 0 bridgehead atoms. The third-order valence-electron chi connectivity index (χ3n) is 4.24. The van der Waals surface area contributed by atoms with Crippen LogP contribution in [0.5, 0.6) is 0 Å². The van der Waals surface area contributed by atoms with Gasteiger partial charge in [0.15, 0.2) is 0 Å². The summed E-state index contributed by atoms with van der Waals surface area (Å²) in [6.45, 7) is 9.75. The van der Waals surface area contributed by atoms with E-state index in [2.05, 4.69) is 19.2 Å². The Morgan fingerprint density at radius 3 is 2.52 bits per heavy atom. The highest BCUT2D eigenvalue weighted by Crippen LogP contribution is 2.26. The summed E-state index contributed by atoms with van der Waals surface area (Å²) >= 11 is 0. The van der Waals surface area contributed by atoms with Crippen molar-refractivity contribution in [3.8, 4) is 0 Å². The summed E-state index contributed by atoms with van der Waals surface area (Å²) in [6, 6.07) is 0.171. The Morgan fingerprint density at radius 2 is 1.95 bits per heavy atom. The van der Waals surface area contributed by atoms with Gasteiger partial charge in [-0.05, 0) is 43.9 Å². The molecule has 0 saturated carbocycles. The van der Waals surface area contributed by atoms with Gasteiger partial charge in [-0.1, -0.05) is 20.8 Å². The Hall–Kier alpha value is -1.26. The van der Waals surface area contributed by atoms with Gasteiger partial charge in [0, 0.05) is 25.6 Å². The number of carboxylic acid groups (broad SMARTS) is 1. The van der Waals surface area contributed by atoms with Gasteiger partial charge in [0.25, 0.3) is 0 Å². The molecule has 0 radical (unpaired) electrons. The van der Waals surface area contributed by atoms with Crippen LogP contribution >= 0.6 is 0 Å². The van der Waals surface area contributed by atoms with Crippen molar-refractivity contribution in [2.75, 3.05) is 13.1 Å². The van der Waals surface area contributed by atoms with Crippen LogP contribution in [0, 0.1) is 17.8 Å². The van der Waals surface area contributed by atoms with Gasteiger partial charge in [0.2, 0.25) is 0 Å². The molecule has 1 rings (SSSR count). The first-order chi connectivity index (χ1) is 9.79. The van der Waals surface area contributed by atoms with Gasteiger partial charge in [-0.15, -0.1) is 0 Å². The van der Waals surface area contributed by atoms with Gasteiger partial charge >= 0.3 is 12.0 Å². The van der Waals surface area contributed by atoms with Crippen molar-refractivity contribution in [2.24, 2.45) is 17.8 Å². The van der Waals surface area contributed by atoms with E-state index in [1.807, 2.05) is 18.7 Å². The SMILES string of the molecule is CC(C)CC(C)NC(=O)N1CCCC(C(C)CC(=O)O)C1. The molecule has 1 heterocycles. The van der Waals surface area contributed by atoms with Crippen LogP contribution < -0.4 is 5.32 Å². The number of urea groups is 1. The predicted molar refractivity (Wildman–Crippen MR) is 83.2 cm³/mol. The molecule has 1 aliphatic rings. The van der Waals surface area contributed by atoms with E-state index >= 15 is 0 Å². The van der Waals surface area contributed by atoms with Crippen molar-refractivity contribution in [3.05, 3.63) is 0 Å². The van der Waals surface area contributed by atoms with Gasteiger partial charge < -0.3 is 15.3 Å². The number of nitrogens with one attached hydrogen (secondary N) is 1. The third kappa shape index (κ3) is 6.36. The molecule has 0 aromatic carbocycles. The zero-order valence-corrected chi connectivity index (χ0v) is 13.8. The van der Waals surface area contributed by atoms with Crippen LogP contribution in [0.15, 0.2) is 0 Å². The summed E-state index contributed by atoms with van der Waals surface area (Å²) in [5.74, 6) is 0.215. The lowest BCUT2D eigenvalue weighted by Gasteiger charge is -2.36. The first kappa shape index (κ1) is 17.8. The molecule has 3 atom stereocenters. The van der Waals surface area contributed by atoms with Gasteiger partial charge in [-0.25, -0.2) is 4.79 Å². The topological polar surface area (TPSA) is 69.6 Å². The molecule has 0 aromatic rings. The molecular weight excluding hydrogens is 268 g/mol. The molecule has 1 fully saturated rings. The Bertz CT molecular complexity index is 357. The van der Waals surface area contributed by atoms with Gasteiger partial charge in [-0.2, -0.15) is 0 Å². The summed E-state index contributed by atoms with van der Waals surface area (Å²) in [5.41, 5.74) is 0. The number of likely N-dealkylation sites (tertiary alicyclic amines) is 1. The second kappa shape index (κ2) is 8.25. The highest BCUT2D eigenvalue weighted by atomic mass is 16.4. The molecule has 1 saturated heterocycles. The van der Waals surface area contributed by atoms with Crippen LogP contribution in [0.2, 0.25) is 0 Å².